The number of anilines is 1. The number of carbonyl (C=O) groups excluding carboxylic acids is 1. The molecule has 0 fully saturated rings. The molecule has 0 radical (unpaired) electrons. The van der Waals surface area contributed by atoms with Crippen molar-refractivity contribution in [2.75, 3.05) is 5.32 Å². The SMILES string of the molecule is Cc1cccc(NC(=O)/C(C#N)=C\c2ccc(Cl)c([N+](=O)[O-])c2)c1. The van der Waals surface area contributed by atoms with Crippen molar-refractivity contribution in [2.24, 2.45) is 0 Å². The second kappa shape index (κ2) is 7.40. The highest BCUT2D eigenvalue weighted by Crippen LogP contribution is 2.26. The number of nitriles is 1. The highest BCUT2D eigenvalue weighted by Gasteiger charge is 2.14. The number of halogens is 1. The van der Waals surface area contributed by atoms with Crippen molar-refractivity contribution in [3.8, 4) is 6.07 Å². The molecule has 0 heterocycles. The molecule has 2 aromatic carbocycles. The predicted octanol–water partition coefficient (Wildman–Crippen LogP) is 4.10. The quantitative estimate of drug-likeness (QED) is 0.392. The van der Waals surface area contributed by atoms with Gasteiger partial charge in [0.05, 0.1) is 4.92 Å². The third kappa shape index (κ3) is 4.18. The van der Waals surface area contributed by atoms with Gasteiger partial charge in [-0.3, -0.25) is 14.9 Å². The van der Waals surface area contributed by atoms with Gasteiger partial charge in [-0.05, 0) is 42.3 Å². The van der Waals surface area contributed by atoms with Gasteiger partial charge in [0.15, 0.2) is 0 Å². The number of nitrogens with zero attached hydrogens (tertiary/aromatic N) is 2. The maximum Gasteiger partial charge on any atom is 0.288 e. The molecule has 120 valence electrons. The largest absolute Gasteiger partial charge is 0.321 e. The Morgan fingerprint density at radius 1 is 1.33 bits per heavy atom. The van der Waals surface area contributed by atoms with Gasteiger partial charge in [-0.15, -0.1) is 0 Å². The Hall–Kier alpha value is -3.17. The van der Waals surface area contributed by atoms with Crippen LogP contribution >= 0.6 is 11.6 Å². The van der Waals surface area contributed by atoms with Gasteiger partial charge in [0.25, 0.3) is 11.6 Å². The molecule has 6 nitrogen and oxygen atoms in total. The van der Waals surface area contributed by atoms with Crippen LogP contribution in [0.5, 0.6) is 0 Å². The number of rotatable bonds is 4. The number of hydrogen-bond donors (Lipinski definition) is 1. The van der Waals surface area contributed by atoms with Crippen molar-refractivity contribution >= 4 is 35.0 Å². The highest BCUT2D eigenvalue weighted by molar-refractivity contribution is 6.32. The van der Waals surface area contributed by atoms with E-state index in [0.717, 1.165) is 5.56 Å². The zero-order chi connectivity index (χ0) is 17.7. The van der Waals surface area contributed by atoms with Crippen LogP contribution < -0.4 is 5.32 Å². The van der Waals surface area contributed by atoms with Crippen LogP contribution in [0, 0.1) is 28.4 Å². The molecule has 0 spiro atoms. The predicted molar refractivity (Wildman–Crippen MR) is 91.5 cm³/mol. The van der Waals surface area contributed by atoms with Crippen molar-refractivity contribution in [3.63, 3.8) is 0 Å². The normalized spacial score (nSPS) is 10.8. The van der Waals surface area contributed by atoms with E-state index in [0.29, 0.717) is 11.3 Å². The first kappa shape index (κ1) is 17.2. The summed E-state index contributed by atoms with van der Waals surface area (Å²) in [5.41, 5.74) is 1.39. The van der Waals surface area contributed by atoms with E-state index < -0.39 is 10.8 Å². The van der Waals surface area contributed by atoms with E-state index in [9.17, 15) is 20.2 Å². The van der Waals surface area contributed by atoms with Crippen LogP contribution in [0.1, 0.15) is 11.1 Å². The zero-order valence-electron chi connectivity index (χ0n) is 12.6. The van der Waals surface area contributed by atoms with Gasteiger partial charge in [0.2, 0.25) is 0 Å². The standard InChI is InChI=1S/C17H12ClN3O3/c1-11-3-2-4-14(7-11)20-17(22)13(10-19)8-12-5-6-15(18)16(9-12)21(23)24/h2-9H,1H3,(H,20,22)/b13-8-. The van der Waals surface area contributed by atoms with Crippen LogP contribution in [0.3, 0.4) is 0 Å². The van der Waals surface area contributed by atoms with Gasteiger partial charge in [-0.2, -0.15) is 5.26 Å². The van der Waals surface area contributed by atoms with Crippen LogP contribution in [-0.2, 0) is 4.79 Å². The number of carbonyl (C=O) groups is 1. The molecule has 0 aliphatic heterocycles. The average molecular weight is 342 g/mol. The average Bonchev–Trinajstić information content (AvgIpc) is 2.53. The Balaban J connectivity index is 2.29. The lowest BCUT2D eigenvalue weighted by Gasteiger charge is -2.05. The second-order valence-electron chi connectivity index (χ2n) is 4.96. The van der Waals surface area contributed by atoms with Crippen molar-refractivity contribution in [1.29, 1.82) is 5.26 Å². The third-order valence-corrected chi connectivity index (χ3v) is 3.44. The number of nitrogens with one attached hydrogen (secondary N) is 1. The van der Waals surface area contributed by atoms with Crippen molar-refractivity contribution < 1.29 is 9.72 Å². The maximum absolute atomic E-state index is 12.2. The zero-order valence-corrected chi connectivity index (χ0v) is 13.4. The Labute approximate surface area is 143 Å². The summed E-state index contributed by atoms with van der Waals surface area (Å²) in [5, 5.41) is 22.7. The van der Waals surface area contributed by atoms with E-state index in [1.807, 2.05) is 13.0 Å². The lowest BCUT2D eigenvalue weighted by Crippen LogP contribution is -2.13. The summed E-state index contributed by atoms with van der Waals surface area (Å²) in [6, 6.07) is 13.0. The maximum atomic E-state index is 12.2. The third-order valence-electron chi connectivity index (χ3n) is 3.12. The van der Waals surface area contributed by atoms with Gasteiger partial charge in [0, 0.05) is 11.8 Å². The van der Waals surface area contributed by atoms with E-state index in [2.05, 4.69) is 5.32 Å². The number of amides is 1. The van der Waals surface area contributed by atoms with Crippen LogP contribution in [-0.4, -0.2) is 10.8 Å². The van der Waals surface area contributed by atoms with E-state index in [4.69, 9.17) is 11.6 Å². The molecular formula is C17H12ClN3O3. The minimum atomic E-state index is -0.626. The lowest BCUT2D eigenvalue weighted by atomic mass is 10.1. The first-order valence-electron chi connectivity index (χ1n) is 6.84. The molecule has 0 atom stereocenters. The van der Waals surface area contributed by atoms with Crippen molar-refractivity contribution in [1.82, 2.24) is 0 Å². The lowest BCUT2D eigenvalue weighted by molar-refractivity contribution is -0.384. The molecular weight excluding hydrogens is 330 g/mol. The molecule has 7 heteroatoms. The minimum absolute atomic E-state index is 0.0140. The summed E-state index contributed by atoms with van der Waals surface area (Å²) in [5.74, 6) is -0.597. The topological polar surface area (TPSA) is 96.0 Å². The molecule has 1 N–H and O–H groups in total. The summed E-state index contributed by atoms with van der Waals surface area (Å²) >= 11 is 5.74. The first-order valence-corrected chi connectivity index (χ1v) is 7.22. The van der Waals surface area contributed by atoms with Gasteiger partial charge in [0.1, 0.15) is 16.7 Å². The molecule has 1 amide bonds. The van der Waals surface area contributed by atoms with Gasteiger partial charge in [-0.25, -0.2) is 0 Å². The number of nitro benzene ring substituents is 1. The van der Waals surface area contributed by atoms with Crippen LogP contribution in [0.4, 0.5) is 11.4 Å². The number of nitro groups is 1. The Kier molecular flexibility index (Phi) is 5.30. The van der Waals surface area contributed by atoms with E-state index in [-0.39, 0.29) is 16.3 Å². The molecule has 0 saturated heterocycles. The van der Waals surface area contributed by atoms with Gasteiger partial charge >= 0.3 is 0 Å². The Bertz CT molecular complexity index is 885. The van der Waals surface area contributed by atoms with Crippen molar-refractivity contribution in [3.05, 3.63) is 74.3 Å². The summed E-state index contributed by atoms with van der Waals surface area (Å²) in [6.07, 6.45) is 1.27. The van der Waals surface area contributed by atoms with Crippen LogP contribution in [0.2, 0.25) is 5.02 Å². The smallest absolute Gasteiger partial charge is 0.288 e. The molecule has 2 rings (SSSR count). The fourth-order valence-electron chi connectivity index (χ4n) is 2.00. The molecule has 2 aromatic rings. The summed E-state index contributed by atoms with van der Waals surface area (Å²) in [7, 11) is 0. The summed E-state index contributed by atoms with van der Waals surface area (Å²) in [6.45, 7) is 1.88. The van der Waals surface area contributed by atoms with Gasteiger partial charge in [-0.1, -0.05) is 29.8 Å². The van der Waals surface area contributed by atoms with Gasteiger partial charge < -0.3 is 5.32 Å². The molecule has 24 heavy (non-hydrogen) atoms. The van der Waals surface area contributed by atoms with Crippen LogP contribution in [0.25, 0.3) is 6.08 Å². The summed E-state index contributed by atoms with van der Waals surface area (Å²) in [4.78, 5) is 22.4. The number of aryl methyl sites for hydroxylation is 1. The Morgan fingerprint density at radius 3 is 2.71 bits per heavy atom. The minimum Gasteiger partial charge on any atom is -0.321 e. The first-order chi connectivity index (χ1) is 11.4. The second-order valence-corrected chi connectivity index (χ2v) is 5.37. The van der Waals surface area contributed by atoms with E-state index in [1.54, 1.807) is 24.3 Å². The molecule has 0 unspecified atom stereocenters. The monoisotopic (exact) mass is 341 g/mol. The van der Waals surface area contributed by atoms with E-state index >= 15 is 0 Å². The summed E-state index contributed by atoms with van der Waals surface area (Å²) < 4.78 is 0. The molecule has 0 aliphatic rings. The fraction of sp³-hybridized carbons (Fsp3) is 0.0588. The number of hydrogen-bond acceptors (Lipinski definition) is 4. The number of benzene rings is 2. The highest BCUT2D eigenvalue weighted by atomic mass is 35.5. The Morgan fingerprint density at radius 2 is 2.08 bits per heavy atom. The molecule has 0 aromatic heterocycles. The fourth-order valence-corrected chi connectivity index (χ4v) is 2.18. The van der Waals surface area contributed by atoms with Crippen molar-refractivity contribution in [2.45, 2.75) is 6.92 Å². The molecule has 0 saturated carbocycles. The van der Waals surface area contributed by atoms with E-state index in [1.165, 1.54) is 24.3 Å². The van der Waals surface area contributed by atoms with Crippen LogP contribution in [0.15, 0.2) is 48.0 Å². The molecule has 0 bridgehead atoms. The molecule has 0 aliphatic carbocycles.